The van der Waals surface area contributed by atoms with Gasteiger partial charge < -0.3 is 28.4 Å². The maximum Gasteiger partial charge on any atom is 0.333 e. The minimum atomic E-state index is -0.337. The third-order valence-corrected chi connectivity index (χ3v) is 2.94. The second-order valence-electron chi connectivity index (χ2n) is 5.39. The first-order valence-electron chi connectivity index (χ1n) is 7.48. The number of carbonyl (C=O) groups is 1. The molecular weight excluding hydrogens is 292 g/mol. The number of epoxide rings is 3. The zero-order valence-corrected chi connectivity index (χ0v) is 13.0. The molecular formula is C15H24O7. The average Bonchev–Trinajstić information content (AvgIpc) is 3.37. The van der Waals surface area contributed by atoms with E-state index < -0.39 is 0 Å². The summed E-state index contributed by atoms with van der Waals surface area (Å²) in [4.78, 5) is 10.7. The lowest BCUT2D eigenvalue weighted by Gasteiger charge is -2.02. The van der Waals surface area contributed by atoms with Crippen molar-refractivity contribution in [3.63, 3.8) is 0 Å². The Morgan fingerprint density at radius 1 is 0.955 bits per heavy atom. The molecule has 3 atom stereocenters. The molecule has 0 saturated carbocycles. The first-order chi connectivity index (χ1) is 10.6. The number of rotatable bonds is 10. The van der Waals surface area contributed by atoms with Crippen LogP contribution in [0.1, 0.15) is 6.92 Å². The van der Waals surface area contributed by atoms with Gasteiger partial charge >= 0.3 is 5.97 Å². The number of carbonyl (C=O) groups excluding carboxylic acids is 1. The normalized spacial score (nSPS) is 27.4. The number of hydrogen-bond donors (Lipinski definition) is 0. The van der Waals surface area contributed by atoms with Gasteiger partial charge in [-0.15, -0.1) is 0 Å². The summed E-state index contributed by atoms with van der Waals surface area (Å²) in [5.41, 5.74) is 0.431. The Kier molecular flexibility index (Phi) is 7.28. The first-order valence-corrected chi connectivity index (χ1v) is 7.48. The van der Waals surface area contributed by atoms with Gasteiger partial charge in [-0.3, -0.25) is 0 Å². The van der Waals surface area contributed by atoms with Crippen molar-refractivity contribution in [1.29, 1.82) is 0 Å². The summed E-state index contributed by atoms with van der Waals surface area (Å²) in [6, 6.07) is 0. The summed E-state index contributed by atoms with van der Waals surface area (Å²) < 4.78 is 30.1. The van der Waals surface area contributed by atoms with Gasteiger partial charge in [-0.05, 0) is 6.92 Å². The Bertz CT molecular complexity index is 343. The van der Waals surface area contributed by atoms with Crippen LogP contribution < -0.4 is 0 Å². The molecule has 3 heterocycles. The van der Waals surface area contributed by atoms with Crippen LogP contribution in [-0.2, 0) is 33.2 Å². The van der Waals surface area contributed by atoms with Gasteiger partial charge in [0.05, 0.1) is 46.2 Å². The largest absolute Gasteiger partial charge is 0.459 e. The van der Waals surface area contributed by atoms with E-state index in [4.69, 9.17) is 28.4 Å². The lowest BCUT2D eigenvalue weighted by molar-refractivity contribution is -0.139. The highest BCUT2D eigenvalue weighted by Gasteiger charge is 2.24. The van der Waals surface area contributed by atoms with Gasteiger partial charge in [-0.1, -0.05) is 6.58 Å². The van der Waals surface area contributed by atoms with Crippen molar-refractivity contribution < 1.29 is 33.2 Å². The van der Waals surface area contributed by atoms with Crippen LogP contribution in [0, 0.1) is 0 Å². The molecule has 0 radical (unpaired) electrons. The lowest BCUT2D eigenvalue weighted by Crippen LogP contribution is -2.10. The molecule has 7 nitrogen and oxygen atoms in total. The molecule has 0 aliphatic carbocycles. The number of esters is 1. The fourth-order valence-corrected chi connectivity index (χ4v) is 1.33. The van der Waals surface area contributed by atoms with Gasteiger partial charge in [0, 0.05) is 5.57 Å². The zero-order valence-electron chi connectivity index (χ0n) is 13.0. The van der Waals surface area contributed by atoms with E-state index >= 15 is 0 Å². The van der Waals surface area contributed by atoms with E-state index in [1.807, 2.05) is 0 Å². The molecule has 3 aliphatic rings. The van der Waals surface area contributed by atoms with E-state index in [0.717, 1.165) is 13.2 Å². The van der Waals surface area contributed by atoms with Gasteiger partial charge in [0.1, 0.15) is 24.9 Å². The summed E-state index contributed by atoms with van der Waals surface area (Å²) >= 11 is 0. The maximum atomic E-state index is 10.7. The maximum absolute atomic E-state index is 10.7. The molecule has 126 valence electrons. The van der Waals surface area contributed by atoms with E-state index in [-0.39, 0.29) is 12.1 Å². The van der Waals surface area contributed by atoms with Crippen molar-refractivity contribution in [2.75, 3.05) is 52.9 Å². The predicted molar refractivity (Wildman–Crippen MR) is 76.6 cm³/mol. The first kappa shape index (κ1) is 17.4. The fraction of sp³-hybridized carbons (Fsp3) is 0.800. The third-order valence-electron chi connectivity index (χ3n) is 2.94. The molecule has 0 aromatic carbocycles. The van der Waals surface area contributed by atoms with Crippen molar-refractivity contribution in [1.82, 2.24) is 0 Å². The Balaban J connectivity index is 0.000000164. The molecule has 0 aromatic heterocycles. The molecule has 3 rings (SSSR count). The van der Waals surface area contributed by atoms with Crippen LogP contribution in [0.25, 0.3) is 0 Å². The second-order valence-corrected chi connectivity index (χ2v) is 5.39. The van der Waals surface area contributed by atoms with Crippen molar-refractivity contribution in [2.24, 2.45) is 0 Å². The lowest BCUT2D eigenvalue weighted by atomic mass is 10.4. The molecule has 3 fully saturated rings. The smallest absolute Gasteiger partial charge is 0.333 e. The highest BCUT2D eigenvalue weighted by Crippen LogP contribution is 2.10. The standard InChI is InChI=1S/C8H14O4.C7H10O3/c1(9-3-7-5-11-7)2-10-4-8-6-12-8;1-5(2)7(8)10-4-6-3-9-6/h7-8H,1-6H2;6H,1,3-4H2,2H3. The van der Waals surface area contributed by atoms with Crippen LogP contribution >= 0.6 is 0 Å². The van der Waals surface area contributed by atoms with Gasteiger partial charge in [-0.25, -0.2) is 4.79 Å². The highest BCUT2D eigenvalue weighted by molar-refractivity contribution is 5.86. The van der Waals surface area contributed by atoms with E-state index in [0.29, 0.717) is 57.4 Å². The van der Waals surface area contributed by atoms with Gasteiger partial charge in [0.15, 0.2) is 0 Å². The Morgan fingerprint density at radius 3 is 1.73 bits per heavy atom. The fourth-order valence-electron chi connectivity index (χ4n) is 1.33. The molecule has 3 saturated heterocycles. The van der Waals surface area contributed by atoms with Crippen LogP contribution in [0.2, 0.25) is 0 Å². The Labute approximate surface area is 130 Å². The second kappa shape index (κ2) is 9.22. The summed E-state index contributed by atoms with van der Waals surface area (Å²) in [5.74, 6) is -0.337. The van der Waals surface area contributed by atoms with Crippen molar-refractivity contribution >= 4 is 5.97 Å². The summed E-state index contributed by atoms with van der Waals surface area (Å²) in [6.07, 6.45) is 0.858. The minimum absolute atomic E-state index is 0.142. The van der Waals surface area contributed by atoms with Crippen molar-refractivity contribution in [3.8, 4) is 0 Å². The van der Waals surface area contributed by atoms with Gasteiger partial charge in [0.25, 0.3) is 0 Å². The molecule has 0 bridgehead atoms. The van der Waals surface area contributed by atoms with E-state index in [1.54, 1.807) is 6.92 Å². The van der Waals surface area contributed by atoms with Gasteiger partial charge in [-0.2, -0.15) is 0 Å². The van der Waals surface area contributed by atoms with Crippen LogP contribution in [0.3, 0.4) is 0 Å². The van der Waals surface area contributed by atoms with E-state index in [9.17, 15) is 4.79 Å². The molecule has 0 N–H and O–H groups in total. The Morgan fingerprint density at radius 2 is 1.36 bits per heavy atom. The van der Waals surface area contributed by atoms with Crippen molar-refractivity contribution in [3.05, 3.63) is 12.2 Å². The Hall–Kier alpha value is -0.990. The number of hydrogen-bond acceptors (Lipinski definition) is 7. The molecule has 22 heavy (non-hydrogen) atoms. The topological polar surface area (TPSA) is 82.3 Å². The molecule has 3 unspecified atom stereocenters. The van der Waals surface area contributed by atoms with Crippen LogP contribution in [-0.4, -0.2) is 77.1 Å². The van der Waals surface area contributed by atoms with Crippen molar-refractivity contribution in [2.45, 2.75) is 25.2 Å². The monoisotopic (exact) mass is 316 g/mol. The van der Waals surface area contributed by atoms with Crippen LogP contribution in [0.5, 0.6) is 0 Å². The van der Waals surface area contributed by atoms with E-state index in [2.05, 4.69) is 6.58 Å². The third kappa shape index (κ3) is 9.11. The molecule has 0 amide bonds. The summed E-state index contributed by atoms with van der Waals surface area (Å²) in [6.45, 7) is 10.6. The minimum Gasteiger partial charge on any atom is -0.459 e. The summed E-state index contributed by atoms with van der Waals surface area (Å²) in [5, 5.41) is 0. The molecule has 0 spiro atoms. The molecule has 3 aliphatic heterocycles. The number of ether oxygens (including phenoxy) is 6. The quantitative estimate of drug-likeness (QED) is 0.248. The zero-order chi connectivity index (χ0) is 15.8. The molecule has 0 aromatic rings. The predicted octanol–water partition coefficient (Wildman–Crippen LogP) is 0.322. The molecule has 7 heteroatoms. The van der Waals surface area contributed by atoms with E-state index in [1.165, 1.54) is 0 Å². The average molecular weight is 316 g/mol. The highest BCUT2D eigenvalue weighted by atomic mass is 16.6. The van der Waals surface area contributed by atoms with Crippen LogP contribution in [0.4, 0.5) is 0 Å². The van der Waals surface area contributed by atoms with Gasteiger partial charge in [0.2, 0.25) is 0 Å². The van der Waals surface area contributed by atoms with Crippen LogP contribution in [0.15, 0.2) is 12.2 Å². The summed E-state index contributed by atoms with van der Waals surface area (Å²) in [7, 11) is 0. The SMILES string of the molecule is C(COCC1CO1)OCC1CO1.C=C(C)C(=O)OCC1CO1.